The third-order valence-electron chi connectivity index (χ3n) is 4.76. The molecule has 1 fully saturated rings. The van der Waals surface area contributed by atoms with Crippen molar-refractivity contribution in [2.45, 2.75) is 38.3 Å². The van der Waals surface area contributed by atoms with Gasteiger partial charge in [0.05, 0.1) is 18.8 Å². The average molecular weight is 344 g/mol. The number of nitrogens with one attached hydrogen (secondary N) is 2. The van der Waals surface area contributed by atoms with Crippen molar-refractivity contribution in [2.24, 2.45) is 0 Å². The van der Waals surface area contributed by atoms with Crippen LogP contribution in [0.2, 0.25) is 0 Å². The predicted octanol–water partition coefficient (Wildman–Crippen LogP) is 1.69. The maximum absolute atomic E-state index is 12.7. The summed E-state index contributed by atoms with van der Waals surface area (Å²) >= 11 is 0. The largest absolute Gasteiger partial charge is 0.379 e. The number of aryl methyl sites for hydroxylation is 1. The van der Waals surface area contributed by atoms with Gasteiger partial charge in [0.2, 0.25) is 5.91 Å². The second kappa shape index (κ2) is 7.80. The van der Waals surface area contributed by atoms with Crippen molar-refractivity contribution in [3.05, 3.63) is 45.7 Å². The molecule has 6 nitrogen and oxygen atoms in total. The zero-order chi connectivity index (χ0) is 17.8. The maximum atomic E-state index is 12.7. The van der Waals surface area contributed by atoms with E-state index in [-0.39, 0.29) is 29.9 Å². The van der Waals surface area contributed by atoms with Gasteiger partial charge in [0.25, 0.3) is 0 Å². The van der Waals surface area contributed by atoms with Crippen LogP contribution in [0.3, 0.4) is 0 Å². The van der Waals surface area contributed by atoms with E-state index in [1.165, 1.54) is 0 Å². The molecular formula is C19H24N2O4. The number of aromatic amines is 1. The van der Waals surface area contributed by atoms with Crippen LogP contribution in [0.15, 0.2) is 29.1 Å². The normalized spacial score (nSPS) is 20.6. The van der Waals surface area contributed by atoms with Gasteiger partial charge in [0, 0.05) is 42.3 Å². The molecule has 1 aromatic heterocycles. The minimum Gasteiger partial charge on any atom is -0.379 e. The van der Waals surface area contributed by atoms with Gasteiger partial charge in [-0.2, -0.15) is 0 Å². The fourth-order valence-electron chi connectivity index (χ4n) is 3.35. The van der Waals surface area contributed by atoms with Crippen LogP contribution in [-0.4, -0.2) is 43.4 Å². The molecule has 0 unspecified atom stereocenters. The Morgan fingerprint density at radius 2 is 2.20 bits per heavy atom. The highest BCUT2D eigenvalue weighted by atomic mass is 16.5. The van der Waals surface area contributed by atoms with Gasteiger partial charge in [-0.3, -0.25) is 9.59 Å². The molecule has 0 spiro atoms. The summed E-state index contributed by atoms with van der Waals surface area (Å²) in [7, 11) is 1.65. The fraction of sp³-hybridized carbons (Fsp3) is 0.474. The lowest BCUT2D eigenvalue weighted by Crippen LogP contribution is -2.50. The SMILES string of the molecule is CO[C@@H]1CCOC[C@H]1NC(=O)CCc1c(C)[nH]c2ccccc2c1=O. The van der Waals surface area contributed by atoms with Gasteiger partial charge in [-0.15, -0.1) is 0 Å². The van der Waals surface area contributed by atoms with Crippen LogP contribution in [0, 0.1) is 6.92 Å². The minimum atomic E-state index is -0.137. The number of hydrogen-bond donors (Lipinski definition) is 2. The molecule has 2 heterocycles. The number of carbonyl (C=O) groups excluding carboxylic acids is 1. The van der Waals surface area contributed by atoms with Gasteiger partial charge in [0.1, 0.15) is 0 Å². The van der Waals surface area contributed by atoms with Gasteiger partial charge < -0.3 is 19.8 Å². The predicted molar refractivity (Wildman–Crippen MR) is 95.8 cm³/mol. The van der Waals surface area contributed by atoms with Crippen LogP contribution in [0.4, 0.5) is 0 Å². The summed E-state index contributed by atoms with van der Waals surface area (Å²) in [5.41, 5.74) is 2.29. The molecule has 1 amide bonds. The van der Waals surface area contributed by atoms with Crippen molar-refractivity contribution in [1.82, 2.24) is 10.3 Å². The fourth-order valence-corrected chi connectivity index (χ4v) is 3.35. The highest BCUT2D eigenvalue weighted by Crippen LogP contribution is 2.13. The number of pyridine rings is 1. The zero-order valence-electron chi connectivity index (χ0n) is 14.6. The Morgan fingerprint density at radius 1 is 1.40 bits per heavy atom. The van der Waals surface area contributed by atoms with Crippen molar-refractivity contribution in [3.63, 3.8) is 0 Å². The third-order valence-corrected chi connectivity index (χ3v) is 4.76. The van der Waals surface area contributed by atoms with Crippen molar-refractivity contribution < 1.29 is 14.3 Å². The molecule has 1 aromatic carbocycles. The summed E-state index contributed by atoms with van der Waals surface area (Å²) in [6, 6.07) is 7.29. The summed E-state index contributed by atoms with van der Waals surface area (Å²) in [4.78, 5) is 28.2. The van der Waals surface area contributed by atoms with Crippen LogP contribution in [0.5, 0.6) is 0 Å². The van der Waals surface area contributed by atoms with Crippen molar-refractivity contribution >= 4 is 16.8 Å². The van der Waals surface area contributed by atoms with E-state index >= 15 is 0 Å². The number of methoxy groups -OCH3 is 1. The Kier molecular flexibility index (Phi) is 5.50. The summed E-state index contributed by atoms with van der Waals surface area (Å²) in [6.07, 6.45) is 1.41. The van der Waals surface area contributed by atoms with Crippen molar-refractivity contribution in [1.29, 1.82) is 0 Å². The Bertz CT molecular complexity index is 815. The molecule has 2 atom stereocenters. The number of aromatic nitrogens is 1. The quantitative estimate of drug-likeness (QED) is 0.865. The topological polar surface area (TPSA) is 80.4 Å². The number of benzene rings is 1. The van der Waals surface area contributed by atoms with Crippen LogP contribution >= 0.6 is 0 Å². The number of para-hydroxylation sites is 1. The van der Waals surface area contributed by atoms with Gasteiger partial charge in [-0.25, -0.2) is 0 Å². The molecule has 6 heteroatoms. The lowest BCUT2D eigenvalue weighted by Gasteiger charge is -2.31. The number of rotatable bonds is 5. The van der Waals surface area contributed by atoms with Crippen molar-refractivity contribution in [3.8, 4) is 0 Å². The molecule has 0 radical (unpaired) electrons. The van der Waals surface area contributed by atoms with E-state index in [2.05, 4.69) is 10.3 Å². The van der Waals surface area contributed by atoms with Gasteiger partial charge in [-0.05, 0) is 31.9 Å². The molecule has 3 rings (SSSR count). The molecule has 2 aromatic rings. The highest BCUT2D eigenvalue weighted by molar-refractivity contribution is 5.80. The van der Waals surface area contributed by atoms with Crippen molar-refractivity contribution in [2.75, 3.05) is 20.3 Å². The van der Waals surface area contributed by atoms with Gasteiger partial charge >= 0.3 is 0 Å². The summed E-state index contributed by atoms with van der Waals surface area (Å²) in [5, 5.41) is 3.62. The lowest BCUT2D eigenvalue weighted by molar-refractivity contribution is -0.125. The Labute approximate surface area is 146 Å². The van der Waals surface area contributed by atoms with Crippen LogP contribution < -0.4 is 10.7 Å². The summed E-state index contributed by atoms with van der Waals surface area (Å²) in [5.74, 6) is -0.0930. The van der Waals surface area contributed by atoms with E-state index < -0.39 is 0 Å². The Balaban J connectivity index is 1.68. The molecule has 0 aliphatic carbocycles. The van der Waals surface area contributed by atoms with E-state index in [1.54, 1.807) is 13.2 Å². The second-order valence-electron chi connectivity index (χ2n) is 6.42. The molecule has 2 N–H and O–H groups in total. The number of H-pyrrole nitrogens is 1. The van der Waals surface area contributed by atoms with Gasteiger partial charge in [0.15, 0.2) is 5.43 Å². The number of amides is 1. The summed E-state index contributed by atoms with van der Waals surface area (Å²) in [6.45, 7) is 2.98. The molecule has 1 aliphatic heterocycles. The lowest BCUT2D eigenvalue weighted by atomic mass is 10.0. The second-order valence-corrected chi connectivity index (χ2v) is 6.42. The minimum absolute atomic E-state index is 0.00424. The first-order valence-corrected chi connectivity index (χ1v) is 8.60. The number of ether oxygens (including phenoxy) is 2. The standard InChI is InChI=1S/C19H24N2O4/c1-12-13(19(23)14-5-3-4-6-15(14)20-12)7-8-18(22)21-16-11-25-10-9-17(16)24-2/h3-6,16-17H,7-11H2,1-2H3,(H,20,23)(H,21,22)/t16-,17-/m1/s1. The number of hydrogen-bond acceptors (Lipinski definition) is 4. The first-order valence-electron chi connectivity index (χ1n) is 8.60. The van der Waals surface area contributed by atoms with E-state index in [9.17, 15) is 9.59 Å². The smallest absolute Gasteiger partial charge is 0.220 e. The maximum Gasteiger partial charge on any atom is 0.220 e. The molecule has 25 heavy (non-hydrogen) atoms. The monoisotopic (exact) mass is 344 g/mol. The first-order chi connectivity index (χ1) is 12.1. The van der Waals surface area contributed by atoms with Gasteiger partial charge in [-0.1, -0.05) is 12.1 Å². The first kappa shape index (κ1) is 17.6. The number of carbonyl (C=O) groups is 1. The zero-order valence-corrected chi connectivity index (χ0v) is 14.6. The summed E-state index contributed by atoms with van der Waals surface area (Å²) < 4.78 is 10.8. The van der Waals surface area contributed by atoms with E-state index in [4.69, 9.17) is 9.47 Å². The molecule has 134 valence electrons. The Hall–Kier alpha value is -2.18. The number of fused-ring (bicyclic) bond motifs is 1. The molecule has 1 saturated heterocycles. The highest BCUT2D eigenvalue weighted by Gasteiger charge is 2.27. The van der Waals surface area contributed by atoms with Crippen LogP contribution in [0.1, 0.15) is 24.1 Å². The van der Waals surface area contributed by atoms with E-state index in [0.717, 1.165) is 17.6 Å². The van der Waals surface area contributed by atoms with E-state index in [0.29, 0.717) is 30.6 Å². The molecule has 0 saturated carbocycles. The Morgan fingerprint density at radius 3 is 3.00 bits per heavy atom. The van der Waals surface area contributed by atoms with Crippen LogP contribution in [0.25, 0.3) is 10.9 Å². The molecule has 1 aliphatic rings. The molecule has 0 bridgehead atoms. The molecular weight excluding hydrogens is 320 g/mol. The van der Waals surface area contributed by atoms with E-state index in [1.807, 2.05) is 25.1 Å². The average Bonchev–Trinajstić information content (AvgIpc) is 2.62. The van der Waals surface area contributed by atoms with Crippen LogP contribution in [-0.2, 0) is 20.7 Å². The third kappa shape index (κ3) is 3.91.